The molecule has 0 fully saturated rings. The van der Waals surface area contributed by atoms with Gasteiger partial charge in [0.05, 0.1) is 0 Å². The lowest BCUT2D eigenvalue weighted by Gasteiger charge is -1.79. The summed E-state index contributed by atoms with van der Waals surface area (Å²) in [5.41, 5.74) is 0. The molecular weight excluding hydrogens is 142 g/mol. The molecule has 1 N–H and O–H groups in total. The van der Waals surface area contributed by atoms with Gasteiger partial charge in [0.1, 0.15) is 0 Å². The van der Waals surface area contributed by atoms with Gasteiger partial charge in [-0.2, -0.15) is 0 Å². The van der Waals surface area contributed by atoms with Crippen molar-refractivity contribution in [2.45, 2.75) is 12.8 Å². The highest BCUT2D eigenvalue weighted by Crippen LogP contribution is 1.88. The molecule has 2 heteroatoms. The first-order valence-electron chi connectivity index (χ1n) is 1.96. The van der Waals surface area contributed by atoms with E-state index in [1.54, 1.807) is 0 Å². The molecule has 0 unspecified atom stereocenters. The van der Waals surface area contributed by atoms with Crippen LogP contribution in [0.25, 0.3) is 0 Å². The van der Waals surface area contributed by atoms with E-state index in [1.165, 1.54) is 6.21 Å². The molecule has 6 heavy (non-hydrogen) atoms. The monoisotopic (exact) mass is 149 g/mol. The summed E-state index contributed by atoms with van der Waals surface area (Å²) in [6.45, 7) is 0. The lowest BCUT2D eigenvalue weighted by atomic mass is 10.4. The second-order valence-corrected chi connectivity index (χ2v) is 1.83. The van der Waals surface area contributed by atoms with E-state index in [0.29, 0.717) is 0 Å². The summed E-state index contributed by atoms with van der Waals surface area (Å²) in [5.74, 6) is 0. The zero-order valence-electron chi connectivity index (χ0n) is 3.58. The summed E-state index contributed by atoms with van der Waals surface area (Å²) < 4.78 is 0. The van der Waals surface area contributed by atoms with Crippen molar-refractivity contribution < 1.29 is 0 Å². The van der Waals surface area contributed by atoms with Crippen LogP contribution >= 0.6 is 15.9 Å². The standard InChI is InChI=1S/C4H8BrN/c5-3-1-2-4-6/h4,6H,1-3H2. The molecular formula is C4H8BrN. The second kappa shape index (κ2) is 5.15. The SMILES string of the molecule is N=CCCCBr. The van der Waals surface area contributed by atoms with Gasteiger partial charge in [-0.15, -0.1) is 0 Å². The van der Waals surface area contributed by atoms with Crippen molar-refractivity contribution in [1.82, 2.24) is 0 Å². The number of unbranched alkanes of at least 4 members (excludes halogenated alkanes) is 1. The molecule has 1 nitrogen and oxygen atoms in total. The Balaban J connectivity index is 2.49. The number of rotatable bonds is 3. The molecule has 0 rings (SSSR count). The third-order valence-electron chi connectivity index (χ3n) is 0.482. The van der Waals surface area contributed by atoms with Gasteiger partial charge in [0.25, 0.3) is 0 Å². The molecule has 0 bridgehead atoms. The predicted molar refractivity (Wildman–Crippen MR) is 31.8 cm³/mol. The Hall–Kier alpha value is 0.150. The van der Waals surface area contributed by atoms with Crippen LogP contribution in [0.1, 0.15) is 12.8 Å². The smallest absolute Gasteiger partial charge is 0.00348 e. The van der Waals surface area contributed by atoms with Crippen molar-refractivity contribution in [3.05, 3.63) is 0 Å². The lowest BCUT2D eigenvalue weighted by molar-refractivity contribution is 1.03. The molecule has 36 valence electrons. The first kappa shape index (κ1) is 6.15. The molecule has 0 aliphatic heterocycles. The maximum Gasteiger partial charge on any atom is 0.00348 e. The molecule has 0 aromatic heterocycles. The van der Waals surface area contributed by atoms with E-state index < -0.39 is 0 Å². The van der Waals surface area contributed by atoms with Gasteiger partial charge in [-0.1, -0.05) is 15.9 Å². The van der Waals surface area contributed by atoms with Gasteiger partial charge in [-0.3, -0.25) is 0 Å². The molecule has 0 heterocycles. The van der Waals surface area contributed by atoms with Crippen molar-refractivity contribution >= 4 is 22.1 Å². The fourth-order valence-corrected chi connectivity index (χ4v) is 0.503. The van der Waals surface area contributed by atoms with E-state index in [1.807, 2.05) is 0 Å². The van der Waals surface area contributed by atoms with Crippen LogP contribution in [0.5, 0.6) is 0 Å². The van der Waals surface area contributed by atoms with E-state index in [9.17, 15) is 0 Å². The molecule has 0 amide bonds. The largest absolute Gasteiger partial charge is 0.313 e. The summed E-state index contributed by atoms with van der Waals surface area (Å²) in [6, 6.07) is 0. The number of halogens is 1. The van der Waals surface area contributed by atoms with E-state index in [-0.39, 0.29) is 0 Å². The summed E-state index contributed by atoms with van der Waals surface area (Å²) in [4.78, 5) is 0. The highest BCUT2D eigenvalue weighted by Gasteiger charge is 1.74. The predicted octanol–water partition coefficient (Wildman–Crippen LogP) is 1.81. The summed E-state index contributed by atoms with van der Waals surface area (Å²) >= 11 is 3.25. The van der Waals surface area contributed by atoms with Crippen molar-refractivity contribution in [3.8, 4) is 0 Å². The Bertz CT molecular complexity index is 36.5. The maximum absolute atomic E-state index is 6.56. The Kier molecular flexibility index (Phi) is 5.28. The zero-order valence-corrected chi connectivity index (χ0v) is 5.16. The van der Waals surface area contributed by atoms with Gasteiger partial charge in [0.15, 0.2) is 0 Å². The van der Waals surface area contributed by atoms with Gasteiger partial charge < -0.3 is 5.41 Å². The van der Waals surface area contributed by atoms with Gasteiger partial charge in [-0.05, 0) is 19.1 Å². The summed E-state index contributed by atoms with van der Waals surface area (Å²) in [5, 5.41) is 7.58. The van der Waals surface area contributed by atoms with Gasteiger partial charge in [0.2, 0.25) is 0 Å². The highest BCUT2D eigenvalue weighted by molar-refractivity contribution is 9.09. The van der Waals surface area contributed by atoms with Crippen molar-refractivity contribution in [1.29, 1.82) is 5.41 Å². The normalized spacial score (nSPS) is 8.17. The maximum atomic E-state index is 6.56. The molecule has 0 atom stereocenters. The van der Waals surface area contributed by atoms with Gasteiger partial charge in [0, 0.05) is 5.33 Å². The van der Waals surface area contributed by atoms with Crippen LogP contribution in [0, 0.1) is 5.41 Å². The van der Waals surface area contributed by atoms with E-state index in [0.717, 1.165) is 18.2 Å². The Morgan fingerprint density at radius 2 is 2.33 bits per heavy atom. The molecule has 0 aliphatic rings. The third-order valence-corrected chi connectivity index (χ3v) is 1.04. The van der Waals surface area contributed by atoms with Crippen molar-refractivity contribution in [2.75, 3.05) is 5.33 Å². The number of hydrogen-bond donors (Lipinski definition) is 1. The minimum Gasteiger partial charge on any atom is -0.313 e. The highest BCUT2D eigenvalue weighted by atomic mass is 79.9. The van der Waals surface area contributed by atoms with E-state index in [2.05, 4.69) is 15.9 Å². The number of hydrogen-bond acceptors (Lipinski definition) is 1. The summed E-state index contributed by atoms with van der Waals surface area (Å²) in [6.07, 6.45) is 3.43. The fraction of sp³-hybridized carbons (Fsp3) is 0.750. The Morgan fingerprint density at radius 1 is 1.67 bits per heavy atom. The Labute approximate surface area is 46.4 Å². The van der Waals surface area contributed by atoms with Crippen LogP contribution in [0.4, 0.5) is 0 Å². The van der Waals surface area contributed by atoms with E-state index in [4.69, 9.17) is 5.41 Å². The van der Waals surface area contributed by atoms with Crippen LogP contribution in [-0.2, 0) is 0 Å². The number of nitrogens with one attached hydrogen (secondary N) is 1. The lowest BCUT2D eigenvalue weighted by Crippen LogP contribution is -1.72. The van der Waals surface area contributed by atoms with Crippen LogP contribution in [-0.4, -0.2) is 11.5 Å². The quantitative estimate of drug-likeness (QED) is 0.360. The molecule has 0 aromatic carbocycles. The average molecular weight is 150 g/mol. The fourth-order valence-electron chi connectivity index (χ4n) is 0.179. The molecule has 0 aliphatic carbocycles. The summed E-state index contributed by atoms with van der Waals surface area (Å²) in [7, 11) is 0. The minimum atomic E-state index is 0.908. The number of alkyl halides is 1. The topological polar surface area (TPSA) is 23.9 Å². The zero-order chi connectivity index (χ0) is 4.83. The minimum absolute atomic E-state index is 0.908. The van der Waals surface area contributed by atoms with Crippen LogP contribution < -0.4 is 0 Å². The third kappa shape index (κ3) is 4.15. The van der Waals surface area contributed by atoms with Gasteiger partial charge >= 0.3 is 0 Å². The van der Waals surface area contributed by atoms with Crippen LogP contribution in [0.2, 0.25) is 0 Å². The van der Waals surface area contributed by atoms with Crippen LogP contribution in [0.3, 0.4) is 0 Å². The van der Waals surface area contributed by atoms with Gasteiger partial charge in [-0.25, -0.2) is 0 Å². The van der Waals surface area contributed by atoms with E-state index >= 15 is 0 Å². The van der Waals surface area contributed by atoms with Crippen molar-refractivity contribution in [2.24, 2.45) is 0 Å². The average Bonchev–Trinajstić information content (AvgIpc) is 1.61. The van der Waals surface area contributed by atoms with Crippen LogP contribution in [0.15, 0.2) is 0 Å². The molecule has 0 radical (unpaired) electrons. The molecule has 0 saturated heterocycles. The van der Waals surface area contributed by atoms with Crippen molar-refractivity contribution in [3.63, 3.8) is 0 Å². The Morgan fingerprint density at radius 3 is 2.50 bits per heavy atom. The molecule has 0 spiro atoms. The second-order valence-electron chi connectivity index (χ2n) is 1.04. The molecule has 0 aromatic rings. The first-order chi connectivity index (χ1) is 2.91. The first-order valence-corrected chi connectivity index (χ1v) is 3.09. The molecule has 0 saturated carbocycles.